The summed E-state index contributed by atoms with van der Waals surface area (Å²) in [5.74, 6) is 0.913. The number of hydrogen-bond donors (Lipinski definition) is 1. The predicted octanol–water partition coefficient (Wildman–Crippen LogP) is 5.52. The molecule has 0 heterocycles. The lowest BCUT2D eigenvalue weighted by Gasteiger charge is -2.22. The first-order chi connectivity index (χ1) is 10.1. The fourth-order valence-corrected chi connectivity index (χ4v) is 3.65. The summed E-state index contributed by atoms with van der Waals surface area (Å²) in [6, 6.07) is 12.5. The lowest BCUT2D eigenvalue weighted by atomic mass is 9.98. The molecular weight excluding hydrogens is 509 g/mol. The van der Waals surface area contributed by atoms with Gasteiger partial charge >= 0.3 is 0 Å². The zero-order chi connectivity index (χ0) is 15.4. The highest BCUT2D eigenvalue weighted by molar-refractivity contribution is 14.1. The molecule has 0 aliphatic heterocycles. The molecule has 1 N–H and O–H groups in total. The van der Waals surface area contributed by atoms with Crippen molar-refractivity contribution in [2.24, 2.45) is 0 Å². The van der Waals surface area contributed by atoms with E-state index in [-0.39, 0.29) is 6.04 Å². The number of ether oxygens (including phenoxy) is 1. The third kappa shape index (κ3) is 4.21. The Balaban J connectivity index is 2.55. The molecule has 0 radical (unpaired) electrons. The summed E-state index contributed by atoms with van der Waals surface area (Å²) in [5, 5.41) is 3.40. The monoisotopic (exact) mass is 523 g/mol. The molecule has 2 nitrogen and oxygen atoms in total. The van der Waals surface area contributed by atoms with Crippen molar-refractivity contribution in [2.45, 2.75) is 13.0 Å². The lowest BCUT2D eigenvalue weighted by Crippen LogP contribution is -2.20. The topological polar surface area (TPSA) is 21.3 Å². The Morgan fingerprint density at radius 1 is 1.10 bits per heavy atom. The van der Waals surface area contributed by atoms with Crippen molar-refractivity contribution in [1.29, 1.82) is 0 Å². The van der Waals surface area contributed by atoms with Crippen molar-refractivity contribution in [3.8, 4) is 5.75 Å². The highest BCUT2D eigenvalue weighted by Crippen LogP contribution is 2.35. The van der Waals surface area contributed by atoms with E-state index >= 15 is 0 Å². The largest absolute Gasteiger partial charge is 0.494 e. The number of benzene rings is 2. The van der Waals surface area contributed by atoms with E-state index in [0.717, 1.165) is 20.3 Å². The van der Waals surface area contributed by atoms with Crippen molar-refractivity contribution >= 4 is 54.5 Å². The minimum Gasteiger partial charge on any atom is -0.494 e. The van der Waals surface area contributed by atoms with E-state index in [1.165, 1.54) is 9.13 Å². The molecule has 0 amide bonds. The molecule has 0 saturated carbocycles. The van der Waals surface area contributed by atoms with Crippen LogP contribution in [0.1, 0.15) is 24.1 Å². The van der Waals surface area contributed by atoms with E-state index in [1.54, 1.807) is 0 Å². The van der Waals surface area contributed by atoms with Gasteiger partial charge in [0.15, 0.2) is 0 Å². The van der Waals surface area contributed by atoms with E-state index in [2.05, 4.69) is 84.0 Å². The summed E-state index contributed by atoms with van der Waals surface area (Å²) in [5.41, 5.74) is 2.36. The van der Waals surface area contributed by atoms with Gasteiger partial charge in [0.1, 0.15) is 5.75 Å². The first-order valence-corrected chi connectivity index (χ1v) is 9.27. The van der Waals surface area contributed by atoms with Crippen LogP contribution in [-0.4, -0.2) is 13.7 Å². The molecule has 0 fully saturated rings. The number of hydrogen-bond acceptors (Lipinski definition) is 2. The van der Waals surface area contributed by atoms with Gasteiger partial charge in [-0.1, -0.05) is 31.9 Å². The molecule has 2 rings (SSSR count). The van der Waals surface area contributed by atoms with Crippen LogP contribution in [0.2, 0.25) is 0 Å². The molecule has 0 aromatic heterocycles. The normalized spacial score (nSPS) is 12.2. The Hall–Kier alpha value is -0.110. The number of nitrogens with one attached hydrogen (secondary N) is 1. The third-order valence-corrected chi connectivity index (χ3v) is 5.11. The van der Waals surface area contributed by atoms with Crippen LogP contribution < -0.4 is 10.1 Å². The number of rotatable bonds is 5. The van der Waals surface area contributed by atoms with Gasteiger partial charge in [0.2, 0.25) is 0 Å². The van der Waals surface area contributed by atoms with Gasteiger partial charge in [0, 0.05) is 18.1 Å². The van der Waals surface area contributed by atoms with Crippen LogP contribution in [0.5, 0.6) is 5.75 Å². The summed E-state index contributed by atoms with van der Waals surface area (Å²) in [7, 11) is 1.97. The van der Waals surface area contributed by atoms with Gasteiger partial charge in [-0.3, -0.25) is 0 Å². The van der Waals surface area contributed by atoms with Crippen molar-refractivity contribution < 1.29 is 4.74 Å². The Bertz CT molecular complexity index is 634. The lowest BCUT2D eigenvalue weighted by molar-refractivity contribution is 0.334. The van der Waals surface area contributed by atoms with Gasteiger partial charge < -0.3 is 10.1 Å². The van der Waals surface area contributed by atoms with Crippen LogP contribution in [0.4, 0.5) is 0 Å². The standard InChI is InChI=1S/C16H16Br2INO/c1-3-21-15-7-5-11(18)9-13(15)16(20-2)12-8-10(17)4-6-14(12)19/h4-9,16,20H,3H2,1-2H3. The maximum Gasteiger partial charge on any atom is 0.124 e. The molecule has 2 aromatic carbocycles. The van der Waals surface area contributed by atoms with E-state index in [9.17, 15) is 0 Å². The van der Waals surface area contributed by atoms with Crippen molar-refractivity contribution in [2.75, 3.05) is 13.7 Å². The predicted molar refractivity (Wildman–Crippen MR) is 103 cm³/mol. The smallest absolute Gasteiger partial charge is 0.124 e. The molecular formula is C16H16Br2INO. The second-order valence-corrected chi connectivity index (χ2v) is 7.50. The molecule has 5 heteroatoms. The van der Waals surface area contributed by atoms with Gasteiger partial charge in [-0.25, -0.2) is 0 Å². The Kier molecular flexibility index (Phi) is 6.52. The quantitative estimate of drug-likeness (QED) is 0.520. The minimum atomic E-state index is 0.0773. The molecule has 2 aromatic rings. The van der Waals surface area contributed by atoms with Gasteiger partial charge in [-0.2, -0.15) is 0 Å². The van der Waals surface area contributed by atoms with Crippen LogP contribution in [-0.2, 0) is 0 Å². The summed E-state index contributed by atoms with van der Waals surface area (Å²) in [6.07, 6.45) is 0. The van der Waals surface area contributed by atoms with Crippen LogP contribution in [0.15, 0.2) is 45.3 Å². The second-order valence-electron chi connectivity index (χ2n) is 4.50. The van der Waals surface area contributed by atoms with Crippen molar-refractivity contribution in [3.63, 3.8) is 0 Å². The zero-order valence-electron chi connectivity index (χ0n) is 11.8. The fourth-order valence-electron chi connectivity index (χ4n) is 2.25. The first-order valence-electron chi connectivity index (χ1n) is 6.61. The van der Waals surface area contributed by atoms with E-state index < -0.39 is 0 Å². The zero-order valence-corrected chi connectivity index (χ0v) is 17.1. The molecule has 1 atom stereocenters. The first kappa shape index (κ1) is 17.2. The molecule has 1 unspecified atom stereocenters. The van der Waals surface area contributed by atoms with Gasteiger partial charge in [-0.05, 0) is 78.5 Å². The fraction of sp³-hybridized carbons (Fsp3) is 0.250. The average molecular weight is 525 g/mol. The number of halogens is 3. The second kappa shape index (κ2) is 7.94. The molecule has 0 bridgehead atoms. The molecule has 0 aliphatic rings. The van der Waals surface area contributed by atoms with Crippen LogP contribution in [0.3, 0.4) is 0 Å². The summed E-state index contributed by atoms with van der Waals surface area (Å²) < 4.78 is 9.13. The molecule has 0 saturated heterocycles. The molecule has 112 valence electrons. The Morgan fingerprint density at radius 3 is 2.33 bits per heavy atom. The van der Waals surface area contributed by atoms with E-state index in [0.29, 0.717) is 6.61 Å². The summed E-state index contributed by atoms with van der Waals surface area (Å²) in [6.45, 7) is 2.66. The van der Waals surface area contributed by atoms with Gasteiger partial charge in [0.05, 0.1) is 12.6 Å². The summed E-state index contributed by atoms with van der Waals surface area (Å²) in [4.78, 5) is 0. The Morgan fingerprint density at radius 2 is 1.71 bits per heavy atom. The summed E-state index contributed by atoms with van der Waals surface area (Å²) >= 11 is 9.49. The van der Waals surface area contributed by atoms with Crippen molar-refractivity contribution in [1.82, 2.24) is 5.32 Å². The van der Waals surface area contributed by atoms with Crippen LogP contribution in [0, 0.1) is 3.57 Å². The Labute approximate surface area is 156 Å². The molecule has 0 aliphatic carbocycles. The van der Waals surface area contributed by atoms with Gasteiger partial charge in [-0.15, -0.1) is 0 Å². The maximum atomic E-state index is 5.79. The van der Waals surface area contributed by atoms with Crippen molar-refractivity contribution in [3.05, 3.63) is 60.0 Å². The van der Waals surface area contributed by atoms with Gasteiger partial charge in [0.25, 0.3) is 0 Å². The highest BCUT2D eigenvalue weighted by atomic mass is 127. The minimum absolute atomic E-state index is 0.0773. The average Bonchev–Trinajstić information content (AvgIpc) is 2.46. The van der Waals surface area contributed by atoms with Crippen LogP contribution in [0.25, 0.3) is 0 Å². The molecule has 21 heavy (non-hydrogen) atoms. The highest BCUT2D eigenvalue weighted by Gasteiger charge is 2.19. The maximum absolute atomic E-state index is 5.79. The molecule has 0 spiro atoms. The van der Waals surface area contributed by atoms with E-state index in [4.69, 9.17) is 4.74 Å². The third-order valence-electron chi connectivity index (χ3n) is 3.14. The van der Waals surface area contributed by atoms with E-state index in [1.807, 2.05) is 26.1 Å². The van der Waals surface area contributed by atoms with Crippen LogP contribution >= 0.6 is 54.5 Å². The SMILES string of the molecule is CCOc1ccc(Br)cc1C(NC)c1cc(Br)ccc1I.